The number of nitrogens with two attached hydrogens (primary N) is 1. The fourth-order valence-electron chi connectivity index (χ4n) is 2.58. The van der Waals surface area contributed by atoms with Crippen LogP contribution in [0.3, 0.4) is 0 Å². The molecule has 7 heteroatoms. The molecular formula is C15H27IN4OS. The van der Waals surface area contributed by atoms with Gasteiger partial charge in [-0.05, 0) is 37.3 Å². The van der Waals surface area contributed by atoms with E-state index in [1.54, 1.807) is 7.11 Å². The third-order valence-corrected chi connectivity index (χ3v) is 4.82. The maximum Gasteiger partial charge on any atom is 0.188 e. The minimum Gasteiger partial charge on any atom is -0.383 e. The van der Waals surface area contributed by atoms with Gasteiger partial charge in [-0.1, -0.05) is 0 Å². The normalized spacial score (nSPS) is 18.2. The van der Waals surface area contributed by atoms with Crippen LogP contribution in [0.5, 0.6) is 0 Å². The van der Waals surface area contributed by atoms with E-state index in [0.717, 1.165) is 26.1 Å². The van der Waals surface area contributed by atoms with Crippen LogP contribution < -0.4 is 11.1 Å². The summed E-state index contributed by atoms with van der Waals surface area (Å²) in [5.74, 6) is 0.500. The lowest BCUT2D eigenvalue weighted by Crippen LogP contribution is -2.42. The number of thiophene rings is 1. The molecule has 2 heterocycles. The van der Waals surface area contributed by atoms with E-state index in [0.29, 0.717) is 18.6 Å². The predicted octanol–water partition coefficient (Wildman–Crippen LogP) is 2.05. The summed E-state index contributed by atoms with van der Waals surface area (Å²) in [7, 11) is 1.68. The molecule has 0 saturated carbocycles. The molecule has 3 N–H and O–H groups in total. The molecule has 0 saturated heterocycles. The Morgan fingerprint density at radius 1 is 1.55 bits per heavy atom. The van der Waals surface area contributed by atoms with Crippen LogP contribution in [0.25, 0.3) is 0 Å². The number of halogens is 1. The number of ether oxygens (including phenoxy) is 1. The quantitative estimate of drug-likeness (QED) is 0.406. The summed E-state index contributed by atoms with van der Waals surface area (Å²) in [5, 5.41) is 5.33. The van der Waals surface area contributed by atoms with Crippen LogP contribution in [0.1, 0.15) is 24.3 Å². The Balaban J connectivity index is 0.00000242. The maximum absolute atomic E-state index is 5.91. The van der Waals surface area contributed by atoms with Crippen LogP contribution in [0.15, 0.2) is 16.4 Å². The van der Waals surface area contributed by atoms with Crippen molar-refractivity contribution >= 4 is 41.3 Å². The number of hydrogen-bond acceptors (Lipinski definition) is 4. The molecule has 0 radical (unpaired) electrons. The molecule has 0 bridgehead atoms. The van der Waals surface area contributed by atoms with E-state index < -0.39 is 0 Å². The number of rotatable bonds is 6. The monoisotopic (exact) mass is 438 g/mol. The lowest BCUT2D eigenvalue weighted by atomic mass is 10.1. The molecule has 0 spiro atoms. The Kier molecular flexibility index (Phi) is 8.66. The van der Waals surface area contributed by atoms with Crippen molar-refractivity contribution in [1.29, 1.82) is 0 Å². The molecule has 1 aliphatic rings. The highest BCUT2D eigenvalue weighted by atomic mass is 127. The number of aliphatic imine (C=N–C) groups is 1. The van der Waals surface area contributed by atoms with Crippen molar-refractivity contribution in [2.45, 2.75) is 38.9 Å². The Hall–Kier alpha value is -0.380. The lowest BCUT2D eigenvalue weighted by Gasteiger charge is -2.31. The third-order valence-electron chi connectivity index (χ3n) is 3.80. The molecule has 1 aliphatic heterocycles. The first kappa shape index (κ1) is 19.7. The zero-order valence-electron chi connectivity index (χ0n) is 13.5. The van der Waals surface area contributed by atoms with Gasteiger partial charge < -0.3 is 15.8 Å². The van der Waals surface area contributed by atoms with Gasteiger partial charge in [0.05, 0.1) is 13.2 Å². The standard InChI is InChI=1S/C15H26N4OS.HI/c1-11(10-20-3)18-15(16)17-8-12(2)19-6-4-14-13(9-19)5-7-21-14;/h5,7,11-12H,4,6,8-10H2,1-3H3,(H3,16,17,18);1H. The molecule has 1 aromatic heterocycles. The molecule has 5 nitrogen and oxygen atoms in total. The van der Waals surface area contributed by atoms with Crippen molar-refractivity contribution in [2.75, 3.05) is 26.8 Å². The summed E-state index contributed by atoms with van der Waals surface area (Å²) in [6, 6.07) is 2.82. The highest BCUT2D eigenvalue weighted by molar-refractivity contribution is 14.0. The molecule has 0 aromatic carbocycles. The smallest absolute Gasteiger partial charge is 0.188 e. The molecule has 2 unspecified atom stereocenters. The maximum atomic E-state index is 5.91. The summed E-state index contributed by atoms with van der Waals surface area (Å²) >= 11 is 1.87. The van der Waals surface area contributed by atoms with Gasteiger partial charge in [0, 0.05) is 37.2 Å². The number of methoxy groups -OCH3 is 1. The molecule has 1 aromatic rings. The van der Waals surface area contributed by atoms with Crippen molar-refractivity contribution in [3.63, 3.8) is 0 Å². The van der Waals surface area contributed by atoms with Crippen molar-refractivity contribution in [2.24, 2.45) is 10.7 Å². The van der Waals surface area contributed by atoms with Crippen molar-refractivity contribution in [3.05, 3.63) is 21.9 Å². The SMILES string of the molecule is COCC(C)NC(N)=NCC(C)N1CCc2sccc2C1.I. The minimum absolute atomic E-state index is 0. The minimum atomic E-state index is 0. The highest BCUT2D eigenvalue weighted by Gasteiger charge is 2.21. The van der Waals surface area contributed by atoms with E-state index in [1.807, 2.05) is 18.3 Å². The van der Waals surface area contributed by atoms with E-state index in [9.17, 15) is 0 Å². The fourth-order valence-corrected chi connectivity index (χ4v) is 3.47. The molecule has 2 atom stereocenters. The molecule has 0 aliphatic carbocycles. The average molecular weight is 438 g/mol. The molecular weight excluding hydrogens is 411 g/mol. The van der Waals surface area contributed by atoms with E-state index in [4.69, 9.17) is 10.5 Å². The number of fused-ring (bicyclic) bond motifs is 1. The predicted molar refractivity (Wildman–Crippen MR) is 104 cm³/mol. The fraction of sp³-hybridized carbons (Fsp3) is 0.667. The van der Waals surface area contributed by atoms with Crippen LogP contribution in [0.4, 0.5) is 0 Å². The van der Waals surface area contributed by atoms with Gasteiger partial charge in [-0.25, -0.2) is 0 Å². The second-order valence-electron chi connectivity index (χ2n) is 5.67. The van der Waals surface area contributed by atoms with E-state index in [2.05, 4.69) is 33.6 Å². The van der Waals surface area contributed by atoms with Crippen LogP contribution in [-0.2, 0) is 17.7 Å². The van der Waals surface area contributed by atoms with Crippen molar-refractivity contribution in [1.82, 2.24) is 10.2 Å². The Morgan fingerprint density at radius 3 is 3.05 bits per heavy atom. The van der Waals surface area contributed by atoms with Gasteiger partial charge in [-0.15, -0.1) is 35.3 Å². The second-order valence-corrected chi connectivity index (χ2v) is 6.67. The van der Waals surface area contributed by atoms with Gasteiger partial charge in [0.2, 0.25) is 0 Å². The van der Waals surface area contributed by atoms with E-state index in [-0.39, 0.29) is 30.0 Å². The average Bonchev–Trinajstić information content (AvgIpc) is 2.92. The van der Waals surface area contributed by atoms with Gasteiger partial charge in [0.15, 0.2) is 5.96 Å². The van der Waals surface area contributed by atoms with Gasteiger partial charge in [-0.2, -0.15) is 0 Å². The molecule has 2 rings (SSSR count). The lowest BCUT2D eigenvalue weighted by molar-refractivity contribution is 0.179. The largest absolute Gasteiger partial charge is 0.383 e. The molecule has 126 valence electrons. The third kappa shape index (κ3) is 5.68. The summed E-state index contributed by atoms with van der Waals surface area (Å²) < 4.78 is 5.07. The Morgan fingerprint density at radius 2 is 2.32 bits per heavy atom. The Bertz CT molecular complexity index is 480. The summed E-state index contributed by atoms with van der Waals surface area (Å²) in [5.41, 5.74) is 7.38. The van der Waals surface area contributed by atoms with Crippen LogP contribution >= 0.6 is 35.3 Å². The number of hydrogen-bond donors (Lipinski definition) is 2. The number of nitrogens with one attached hydrogen (secondary N) is 1. The Labute approximate surface area is 154 Å². The van der Waals surface area contributed by atoms with E-state index >= 15 is 0 Å². The van der Waals surface area contributed by atoms with Gasteiger partial charge in [0.1, 0.15) is 0 Å². The van der Waals surface area contributed by atoms with Gasteiger partial charge in [0.25, 0.3) is 0 Å². The first-order chi connectivity index (χ1) is 10.1. The zero-order chi connectivity index (χ0) is 15.2. The highest BCUT2D eigenvalue weighted by Crippen LogP contribution is 2.25. The van der Waals surface area contributed by atoms with Crippen molar-refractivity contribution < 1.29 is 4.74 Å². The van der Waals surface area contributed by atoms with Crippen LogP contribution in [0, 0.1) is 0 Å². The van der Waals surface area contributed by atoms with Gasteiger partial charge >= 0.3 is 0 Å². The van der Waals surface area contributed by atoms with Crippen LogP contribution in [-0.4, -0.2) is 49.7 Å². The summed E-state index contributed by atoms with van der Waals surface area (Å²) in [6.07, 6.45) is 1.15. The summed E-state index contributed by atoms with van der Waals surface area (Å²) in [4.78, 5) is 8.47. The van der Waals surface area contributed by atoms with Crippen LogP contribution in [0.2, 0.25) is 0 Å². The zero-order valence-corrected chi connectivity index (χ0v) is 16.7. The molecule has 22 heavy (non-hydrogen) atoms. The molecule has 0 fully saturated rings. The topological polar surface area (TPSA) is 62.9 Å². The van der Waals surface area contributed by atoms with Gasteiger partial charge in [-0.3, -0.25) is 9.89 Å². The summed E-state index contributed by atoms with van der Waals surface area (Å²) in [6.45, 7) is 7.72. The number of nitrogens with zero attached hydrogens (tertiary/aromatic N) is 2. The molecule has 0 amide bonds. The first-order valence-electron chi connectivity index (χ1n) is 7.44. The number of guanidine groups is 1. The second kappa shape index (κ2) is 9.69. The van der Waals surface area contributed by atoms with Crippen molar-refractivity contribution in [3.8, 4) is 0 Å². The van der Waals surface area contributed by atoms with E-state index in [1.165, 1.54) is 10.4 Å². The first-order valence-corrected chi connectivity index (χ1v) is 8.32.